The molecule has 0 saturated heterocycles. The average Bonchev–Trinajstić information content (AvgIpc) is 2.51. The Morgan fingerprint density at radius 2 is 1.92 bits per heavy atom. The topological polar surface area (TPSA) is 87.7 Å². The van der Waals surface area contributed by atoms with Gasteiger partial charge in [-0.1, -0.05) is 17.7 Å². The van der Waals surface area contributed by atoms with Crippen molar-refractivity contribution in [3.63, 3.8) is 0 Å². The maximum absolute atomic E-state index is 12.8. The Labute approximate surface area is 146 Å². The van der Waals surface area contributed by atoms with Gasteiger partial charge in [-0.05, 0) is 24.6 Å². The van der Waals surface area contributed by atoms with E-state index in [2.05, 4.69) is 15.4 Å². The van der Waals surface area contributed by atoms with Gasteiger partial charge in [0.05, 0.1) is 7.11 Å². The highest BCUT2D eigenvalue weighted by atomic mass is 35.5. The van der Waals surface area contributed by atoms with Crippen LogP contribution in [0.25, 0.3) is 0 Å². The lowest BCUT2D eigenvalue weighted by molar-refractivity contribution is -0.192. The molecule has 25 heavy (non-hydrogen) atoms. The molecule has 1 unspecified atom stereocenters. The van der Waals surface area contributed by atoms with Crippen LogP contribution in [-0.4, -0.2) is 43.0 Å². The van der Waals surface area contributed by atoms with Crippen molar-refractivity contribution in [1.29, 1.82) is 0 Å². The molecule has 1 amide bonds. The minimum absolute atomic E-state index is 0.0465. The summed E-state index contributed by atoms with van der Waals surface area (Å²) >= 11 is 5.89. The van der Waals surface area contributed by atoms with Crippen LogP contribution in [0.2, 0.25) is 5.02 Å². The quantitative estimate of drug-likeness (QED) is 0.675. The number of alkyl halides is 3. The zero-order valence-electron chi connectivity index (χ0n) is 13.3. The largest absolute Gasteiger partial charge is 0.490 e. The van der Waals surface area contributed by atoms with Crippen LogP contribution in [0.1, 0.15) is 12.5 Å². The van der Waals surface area contributed by atoms with Crippen molar-refractivity contribution in [2.75, 3.05) is 13.7 Å². The van der Waals surface area contributed by atoms with E-state index >= 15 is 0 Å². The molecule has 3 N–H and O–H groups in total. The predicted molar refractivity (Wildman–Crippen MR) is 81.8 cm³/mol. The molecular formula is C14H17ClF4N2O4. The van der Waals surface area contributed by atoms with Crippen LogP contribution in [0.5, 0.6) is 0 Å². The van der Waals surface area contributed by atoms with E-state index in [0.29, 0.717) is 18.1 Å². The summed E-state index contributed by atoms with van der Waals surface area (Å²) in [5.41, 5.74) is 0.808. The molecular weight excluding hydrogens is 372 g/mol. The molecule has 11 heteroatoms. The minimum Gasteiger partial charge on any atom is -0.475 e. The molecule has 6 nitrogen and oxygen atoms in total. The monoisotopic (exact) mass is 388 g/mol. The Kier molecular flexibility index (Phi) is 9.84. The molecule has 0 radical (unpaired) electrons. The molecule has 1 aromatic carbocycles. The van der Waals surface area contributed by atoms with E-state index in [1.165, 1.54) is 19.2 Å². The number of halogens is 5. The number of hydrogen-bond acceptors (Lipinski definition) is 4. The summed E-state index contributed by atoms with van der Waals surface area (Å²) in [5.74, 6) is -3.11. The fraction of sp³-hybridized carbons (Fsp3) is 0.429. The molecule has 0 bridgehead atoms. The van der Waals surface area contributed by atoms with Gasteiger partial charge in [-0.15, -0.1) is 0 Å². The smallest absolute Gasteiger partial charge is 0.475 e. The van der Waals surface area contributed by atoms with E-state index in [9.17, 15) is 22.4 Å². The van der Waals surface area contributed by atoms with Crippen molar-refractivity contribution in [2.45, 2.75) is 25.7 Å². The lowest BCUT2D eigenvalue weighted by Gasteiger charge is -2.14. The second-order valence-electron chi connectivity index (χ2n) is 4.69. The molecule has 1 rings (SSSR count). The van der Waals surface area contributed by atoms with Gasteiger partial charge in [-0.3, -0.25) is 0 Å². The van der Waals surface area contributed by atoms with Crippen molar-refractivity contribution in [3.05, 3.63) is 34.6 Å². The summed E-state index contributed by atoms with van der Waals surface area (Å²) in [5, 5.41) is 13.2. The summed E-state index contributed by atoms with van der Waals surface area (Å²) < 4.78 is 49.0. The summed E-state index contributed by atoms with van der Waals surface area (Å²) in [6.07, 6.45) is -5.55. The zero-order valence-corrected chi connectivity index (χ0v) is 14.0. The molecule has 142 valence electrons. The number of alkyl carbamates (subject to hydrolysis) is 1. The fourth-order valence-corrected chi connectivity index (χ4v) is 1.56. The Hall–Kier alpha value is -2.07. The van der Waals surface area contributed by atoms with E-state index in [1.54, 1.807) is 6.07 Å². The number of nitrogens with one attached hydrogen (secondary N) is 2. The molecule has 0 spiro atoms. The van der Waals surface area contributed by atoms with Crippen molar-refractivity contribution in [3.8, 4) is 0 Å². The van der Waals surface area contributed by atoms with Gasteiger partial charge in [0.2, 0.25) is 0 Å². The standard InChI is InChI=1S/C12H16ClFN2O2.C2HF3O2/c1-8(6-16-12(17)18-2)15-7-9-3-4-10(14)5-11(9)13;3-2(4,5)1(6)7/h3-5,8,15H,6-7H2,1-2H3,(H,16,17);(H,6,7). The third-order valence-electron chi connectivity index (χ3n) is 2.64. The first-order valence-corrected chi connectivity index (χ1v) is 7.14. The highest BCUT2D eigenvalue weighted by Crippen LogP contribution is 2.17. The Balaban J connectivity index is 0.000000697. The molecule has 1 atom stereocenters. The number of hydrogen-bond donors (Lipinski definition) is 3. The average molecular weight is 389 g/mol. The van der Waals surface area contributed by atoms with Gasteiger partial charge in [-0.25, -0.2) is 14.0 Å². The van der Waals surface area contributed by atoms with Crippen molar-refractivity contribution >= 4 is 23.7 Å². The SMILES string of the molecule is COC(=O)NCC(C)NCc1ccc(F)cc1Cl.O=C(O)C(F)(F)F. The van der Waals surface area contributed by atoms with Gasteiger partial charge in [-0.2, -0.15) is 13.2 Å². The molecule has 1 aromatic rings. The predicted octanol–water partition coefficient (Wildman–Crippen LogP) is 2.95. The summed E-state index contributed by atoms with van der Waals surface area (Å²) in [6, 6.07) is 4.31. The van der Waals surface area contributed by atoms with Gasteiger partial charge in [0.1, 0.15) is 5.82 Å². The third-order valence-corrected chi connectivity index (χ3v) is 2.99. The normalized spacial score (nSPS) is 11.8. The number of carboxylic acids is 1. The first-order valence-electron chi connectivity index (χ1n) is 6.76. The Morgan fingerprint density at radius 1 is 1.36 bits per heavy atom. The summed E-state index contributed by atoms with van der Waals surface area (Å²) in [4.78, 5) is 19.8. The lowest BCUT2D eigenvalue weighted by Crippen LogP contribution is -2.38. The van der Waals surface area contributed by atoms with Crippen molar-refractivity contribution in [1.82, 2.24) is 10.6 Å². The van der Waals surface area contributed by atoms with Crippen LogP contribution >= 0.6 is 11.6 Å². The Morgan fingerprint density at radius 3 is 2.36 bits per heavy atom. The second kappa shape index (κ2) is 10.7. The lowest BCUT2D eigenvalue weighted by atomic mass is 10.2. The maximum Gasteiger partial charge on any atom is 0.490 e. The van der Waals surface area contributed by atoms with Gasteiger partial charge in [0, 0.05) is 24.2 Å². The number of amides is 1. The van der Waals surface area contributed by atoms with E-state index < -0.39 is 18.2 Å². The molecule has 0 aliphatic rings. The first-order chi connectivity index (χ1) is 11.5. The van der Waals surface area contributed by atoms with Crippen LogP contribution < -0.4 is 10.6 Å². The van der Waals surface area contributed by atoms with Crippen LogP contribution in [0.4, 0.5) is 22.4 Å². The highest BCUT2D eigenvalue weighted by molar-refractivity contribution is 6.31. The number of ether oxygens (including phenoxy) is 1. The molecule has 0 saturated carbocycles. The fourth-order valence-electron chi connectivity index (χ4n) is 1.33. The molecule has 0 heterocycles. The number of benzene rings is 1. The molecule has 0 aromatic heterocycles. The van der Waals surface area contributed by atoms with Gasteiger partial charge in [0.15, 0.2) is 0 Å². The number of aliphatic carboxylic acids is 1. The van der Waals surface area contributed by atoms with Crippen LogP contribution in [0, 0.1) is 5.82 Å². The van der Waals surface area contributed by atoms with Gasteiger partial charge >= 0.3 is 18.2 Å². The number of carboxylic acid groups (broad SMARTS) is 1. The van der Waals surface area contributed by atoms with Gasteiger partial charge in [0.25, 0.3) is 0 Å². The zero-order chi connectivity index (χ0) is 19.6. The molecule has 0 aliphatic carbocycles. The molecule has 0 fully saturated rings. The number of carbonyl (C=O) groups is 2. The van der Waals surface area contributed by atoms with E-state index in [1.807, 2.05) is 6.92 Å². The number of methoxy groups -OCH3 is 1. The summed E-state index contributed by atoms with van der Waals surface area (Å²) in [6.45, 7) is 2.85. The maximum atomic E-state index is 12.8. The molecule has 0 aliphatic heterocycles. The second-order valence-corrected chi connectivity index (χ2v) is 5.10. The first kappa shape index (κ1) is 22.9. The van der Waals surface area contributed by atoms with Crippen molar-refractivity contribution in [2.24, 2.45) is 0 Å². The highest BCUT2D eigenvalue weighted by Gasteiger charge is 2.38. The van der Waals surface area contributed by atoms with Gasteiger partial charge < -0.3 is 20.5 Å². The van der Waals surface area contributed by atoms with Crippen LogP contribution in [0.15, 0.2) is 18.2 Å². The van der Waals surface area contributed by atoms with Crippen LogP contribution in [-0.2, 0) is 16.1 Å². The van der Waals surface area contributed by atoms with E-state index in [4.69, 9.17) is 21.5 Å². The van der Waals surface area contributed by atoms with Crippen LogP contribution in [0.3, 0.4) is 0 Å². The van der Waals surface area contributed by atoms with Crippen molar-refractivity contribution < 1.29 is 37.0 Å². The number of rotatable bonds is 5. The van der Waals surface area contributed by atoms with E-state index in [-0.39, 0.29) is 11.9 Å². The third kappa shape index (κ3) is 10.4. The number of carbonyl (C=O) groups excluding carboxylic acids is 1. The minimum atomic E-state index is -5.08. The summed E-state index contributed by atoms with van der Waals surface area (Å²) in [7, 11) is 1.31. The Bertz CT molecular complexity index is 584. The van der Waals surface area contributed by atoms with E-state index in [0.717, 1.165) is 5.56 Å².